The molecule has 0 bridgehead atoms. The third kappa shape index (κ3) is 4.64. The van der Waals surface area contributed by atoms with Gasteiger partial charge in [0.05, 0.1) is 6.04 Å². The highest BCUT2D eigenvalue weighted by atomic mass is 32.2. The zero-order chi connectivity index (χ0) is 25.9. The van der Waals surface area contributed by atoms with Crippen LogP contribution in [-0.2, 0) is 22.7 Å². The number of likely N-dealkylation sites (N-methyl/N-ethyl adjacent to an activating group) is 1. The Morgan fingerprint density at radius 2 is 1.97 bits per heavy atom. The number of anilines is 2. The van der Waals surface area contributed by atoms with Crippen LogP contribution in [0.4, 0.5) is 17.5 Å². The van der Waals surface area contributed by atoms with E-state index in [1.165, 1.54) is 16.7 Å². The van der Waals surface area contributed by atoms with Crippen LogP contribution in [0.2, 0.25) is 0 Å². The van der Waals surface area contributed by atoms with Crippen molar-refractivity contribution in [2.24, 2.45) is 4.36 Å². The van der Waals surface area contributed by atoms with Crippen LogP contribution in [0.3, 0.4) is 0 Å². The van der Waals surface area contributed by atoms with Crippen LogP contribution in [0.1, 0.15) is 35.6 Å². The second kappa shape index (κ2) is 8.77. The van der Waals surface area contributed by atoms with Gasteiger partial charge in [-0.1, -0.05) is 6.07 Å². The van der Waals surface area contributed by atoms with E-state index >= 15 is 0 Å². The molecular formula is C26H30N8O2S. The number of aryl methyl sites for hydroxylation is 1. The fraction of sp³-hybridized carbons (Fsp3) is 0.385. The third-order valence-electron chi connectivity index (χ3n) is 6.77. The Hall–Kier alpha value is -3.57. The summed E-state index contributed by atoms with van der Waals surface area (Å²) < 4.78 is 20.0. The first-order valence-electron chi connectivity index (χ1n) is 12.4. The van der Waals surface area contributed by atoms with Crippen LogP contribution in [0, 0.1) is 6.92 Å². The maximum atomic E-state index is 13.4. The first-order chi connectivity index (χ1) is 17.7. The zero-order valence-corrected chi connectivity index (χ0v) is 22.2. The number of pyridine rings is 1. The fourth-order valence-electron chi connectivity index (χ4n) is 5.00. The van der Waals surface area contributed by atoms with E-state index in [1.54, 1.807) is 40.2 Å². The van der Waals surface area contributed by atoms with Crippen molar-refractivity contribution in [3.8, 4) is 5.82 Å². The van der Waals surface area contributed by atoms with Crippen LogP contribution in [0.5, 0.6) is 0 Å². The van der Waals surface area contributed by atoms with E-state index in [0.717, 1.165) is 38.0 Å². The second-order valence-corrected chi connectivity index (χ2v) is 12.8. The minimum Gasteiger partial charge on any atom is -0.324 e. The Labute approximate surface area is 215 Å². The molecule has 1 aromatic carbocycles. The molecule has 0 amide bonds. The molecule has 0 unspecified atom stereocenters. The Morgan fingerprint density at radius 1 is 1.16 bits per heavy atom. The number of benzene rings is 1. The number of nitrogens with one attached hydrogen (secondary N) is 1. The van der Waals surface area contributed by atoms with Crippen LogP contribution >= 0.6 is 0 Å². The normalized spacial score (nSPS) is 16.1. The van der Waals surface area contributed by atoms with Crippen molar-refractivity contribution in [2.45, 2.75) is 38.8 Å². The Bertz CT molecular complexity index is 1720. The molecule has 4 aromatic rings. The van der Waals surface area contributed by atoms with Gasteiger partial charge in [0.15, 0.2) is 17.3 Å². The van der Waals surface area contributed by atoms with Crippen molar-refractivity contribution in [1.29, 1.82) is 0 Å². The Balaban J connectivity index is 1.46. The summed E-state index contributed by atoms with van der Waals surface area (Å²) >= 11 is 0. The molecule has 4 heterocycles. The van der Waals surface area contributed by atoms with Crippen molar-refractivity contribution in [1.82, 2.24) is 29.2 Å². The predicted molar refractivity (Wildman–Crippen MR) is 146 cm³/mol. The molecule has 11 heteroatoms. The van der Waals surface area contributed by atoms with Gasteiger partial charge in [-0.05, 0) is 74.2 Å². The summed E-state index contributed by atoms with van der Waals surface area (Å²) in [5, 5.41) is 3.78. The standard InChI is InChI=1S/C26H30N8O2S/c1-16-12-18(13-17-15-32(2)11-10-20(16)17)28-26-27-14-21-24(30-26)34(33(25(21)35)19-8-9-19)23-7-5-6-22(29-23)31-37(3,4)36/h5-7,12-14,19H,8-11,15H2,1-4H3,(H,27,28,30). The number of aromatic nitrogens is 5. The second-order valence-electron chi connectivity index (χ2n) is 10.3. The molecular weight excluding hydrogens is 488 g/mol. The molecule has 0 atom stereocenters. The van der Waals surface area contributed by atoms with Gasteiger partial charge in [-0.3, -0.25) is 4.79 Å². The van der Waals surface area contributed by atoms with E-state index in [-0.39, 0.29) is 11.6 Å². The van der Waals surface area contributed by atoms with Gasteiger partial charge >= 0.3 is 0 Å². The SMILES string of the molecule is Cc1cc(Nc2ncc3c(=O)n(C4CC4)n(-c4cccc(N=S(C)(C)=O)n4)c3n2)cc2c1CCN(C)C2. The Morgan fingerprint density at radius 3 is 2.73 bits per heavy atom. The highest BCUT2D eigenvalue weighted by Gasteiger charge is 2.31. The van der Waals surface area contributed by atoms with Crippen molar-refractivity contribution >= 4 is 38.2 Å². The maximum absolute atomic E-state index is 13.4. The molecule has 1 fully saturated rings. The van der Waals surface area contributed by atoms with Gasteiger partial charge in [-0.15, -0.1) is 0 Å². The molecule has 10 nitrogen and oxygen atoms in total. The minimum atomic E-state index is -2.39. The summed E-state index contributed by atoms with van der Waals surface area (Å²) in [4.78, 5) is 29.6. The average Bonchev–Trinajstić information content (AvgIpc) is 3.62. The van der Waals surface area contributed by atoms with Crippen LogP contribution in [0.25, 0.3) is 16.9 Å². The molecule has 1 aliphatic carbocycles. The number of hydrogen-bond acceptors (Lipinski definition) is 8. The van der Waals surface area contributed by atoms with E-state index in [0.29, 0.717) is 28.6 Å². The van der Waals surface area contributed by atoms with Gasteiger partial charge < -0.3 is 10.2 Å². The lowest BCUT2D eigenvalue weighted by Gasteiger charge is -2.27. The van der Waals surface area contributed by atoms with E-state index < -0.39 is 9.73 Å². The molecule has 1 aliphatic heterocycles. The summed E-state index contributed by atoms with van der Waals surface area (Å²) in [5.41, 5.74) is 5.22. The first kappa shape index (κ1) is 23.8. The summed E-state index contributed by atoms with van der Waals surface area (Å²) in [5.74, 6) is 1.26. The van der Waals surface area contributed by atoms with Gasteiger partial charge in [-0.25, -0.2) is 23.5 Å². The molecule has 6 rings (SSSR count). The van der Waals surface area contributed by atoms with E-state index in [1.807, 2.05) is 6.07 Å². The van der Waals surface area contributed by atoms with Gasteiger partial charge in [0.2, 0.25) is 5.95 Å². The van der Waals surface area contributed by atoms with Crippen molar-refractivity contribution in [2.75, 3.05) is 31.4 Å². The number of hydrogen-bond donors (Lipinski definition) is 1. The van der Waals surface area contributed by atoms with Gasteiger partial charge in [0, 0.05) is 47.2 Å². The summed E-state index contributed by atoms with van der Waals surface area (Å²) in [6, 6.07) is 9.68. The molecule has 0 radical (unpaired) electrons. The minimum absolute atomic E-state index is 0.0855. The van der Waals surface area contributed by atoms with Crippen LogP contribution in [-0.4, -0.2) is 59.5 Å². The van der Waals surface area contributed by atoms with Crippen LogP contribution in [0.15, 0.2) is 45.7 Å². The number of fused-ring (bicyclic) bond motifs is 2. The molecule has 3 aromatic heterocycles. The van der Waals surface area contributed by atoms with E-state index in [9.17, 15) is 9.00 Å². The molecule has 1 N–H and O–H groups in total. The molecule has 2 aliphatic rings. The summed E-state index contributed by atoms with van der Waals surface area (Å²) in [6.07, 6.45) is 7.60. The summed E-state index contributed by atoms with van der Waals surface area (Å²) in [7, 11) is -0.253. The maximum Gasteiger partial charge on any atom is 0.278 e. The highest BCUT2D eigenvalue weighted by Crippen LogP contribution is 2.36. The molecule has 192 valence electrons. The van der Waals surface area contributed by atoms with E-state index in [4.69, 9.17) is 4.98 Å². The topological polar surface area (TPSA) is 110 Å². The predicted octanol–water partition coefficient (Wildman–Crippen LogP) is 3.71. The van der Waals surface area contributed by atoms with Crippen molar-refractivity contribution < 1.29 is 4.21 Å². The molecule has 37 heavy (non-hydrogen) atoms. The lowest BCUT2D eigenvalue weighted by molar-refractivity contribution is 0.312. The fourth-order valence-corrected chi connectivity index (χ4v) is 5.55. The zero-order valence-electron chi connectivity index (χ0n) is 21.4. The van der Waals surface area contributed by atoms with Crippen LogP contribution < -0.4 is 10.9 Å². The summed E-state index contributed by atoms with van der Waals surface area (Å²) in [6.45, 7) is 4.11. The largest absolute Gasteiger partial charge is 0.324 e. The lowest BCUT2D eigenvalue weighted by Crippen LogP contribution is -2.27. The first-order valence-corrected chi connectivity index (χ1v) is 14.7. The monoisotopic (exact) mass is 518 g/mol. The molecule has 0 spiro atoms. The van der Waals surface area contributed by atoms with E-state index in [2.05, 4.69) is 50.7 Å². The Kier molecular flexibility index (Phi) is 5.64. The van der Waals surface area contributed by atoms with Gasteiger partial charge in [-0.2, -0.15) is 9.35 Å². The lowest BCUT2D eigenvalue weighted by atomic mass is 9.94. The van der Waals surface area contributed by atoms with Crippen molar-refractivity contribution in [3.63, 3.8) is 0 Å². The number of nitrogens with zero attached hydrogens (tertiary/aromatic N) is 7. The smallest absolute Gasteiger partial charge is 0.278 e. The number of rotatable bonds is 5. The highest BCUT2D eigenvalue weighted by molar-refractivity contribution is 7.92. The van der Waals surface area contributed by atoms with Gasteiger partial charge in [0.1, 0.15) is 5.39 Å². The van der Waals surface area contributed by atoms with Gasteiger partial charge in [0.25, 0.3) is 5.56 Å². The quantitative estimate of drug-likeness (QED) is 0.429. The van der Waals surface area contributed by atoms with Crippen molar-refractivity contribution in [3.05, 3.63) is 63.6 Å². The molecule has 1 saturated carbocycles. The average molecular weight is 519 g/mol. The third-order valence-corrected chi connectivity index (χ3v) is 7.40. The molecule has 0 saturated heterocycles.